The zero-order chi connectivity index (χ0) is 14.3. The Morgan fingerprint density at radius 2 is 2.00 bits per heavy atom. The van der Waals surface area contributed by atoms with Gasteiger partial charge in [-0.15, -0.1) is 0 Å². The van der Waals surface area contributed by atoms with Gasteiger partial charge in [-0.2, -0.15) is 0 Å². The Bertz CT molecular complexity index is 812. The van der Waals surface area contributed by atoms with Gasteiger partial charge in [-0.3, -0.25) is 0 Å². The summed E-state index contributed by atoms with van der Waals surface area (Å²) in [7, 11) is 0. The maximum atomic E-state index is 11.6. The van der Waals surface area contributed by atoms with Gasteiger partial charge in [0.2, 0.25) is 0 Å². The lowest BCUT2D eigenvalue weighted by molar-refractivity contribution is 0.0699. The molecule has 1 N–H and O–H groups in total. The lowest BCUT2D eigenvalue weighted by Gasteiger charge is -2.11. The first kappa shape index (κ1) is 13.4. The van der Waals surface area contributed by atoms with Gasteiger partial charge in [-0.1, -0.05) is 23.7 Å². The molecule has 0 unspecified atom stereocenters. The van der Waals surface area contributed by atoms with E-state index in [9.17, 15) is 9.90 Å². The van der Waals surface area contributed by atoms with Crippen LogP contribution in [0.25, 0.3) is 16.8 Å². The Balaban J connectivity index is 2.38. The maximum absolute atomic E-state index is 11.6. The third kappa shape index (κ3) is 2.16. The fourth-order valence-corrected chi connectivity index (χ4v) is 3.14. The number of carboxylic acids is 1. The second kappa shape index (κ2) is 5.06. The highest BCUT2D eigenvalue weighted by Gasteiger charge is 2.20. The highest BCUT2D eigenvalue weighted by atomic mass is 127. The first-order valence-electron chi connectivity index (χ1n) is 5.72. The van der Waals surface area contributed by atoms with Gasteiger partial charge in [0.1, 0.15) is 5.56 Å². The summed E-state index contributed by atoms with van der Waals surface area (Å²) in [6.45, 7) is 0. The summed E-state index contributed by atoms with van der Waals surface area (Å²) in [6.07, 6.45) is 5.18. The van der Waals surface area contributed by atoms with Crippen molar-refractivity contribution >= 4 is 45.8 Å². The van der Waals surface area contributed by atoms with E-state index in [2.05, 4.69) is 27.6 Å². The van der Waals surface area contributed by atoms with Crippen LogP contribution in [0.1, 0.15) is 10.4 Å². The minimum atomic E-state index is -0.996. The molecule has 1 aromatic carbocycles. The van der Waals surface area contributed by atoms with Crippen LogP contribution in [0.5, 0.6) is 0 Å². The molecule has 0 spiro atoms. The summed E-state index contributed by atoms with van der Waals surface area (Å²) in [5.74, 6) is -0.996. The number of fused-ring (bicyclic) bond motifs is 1. The van der Waals surface area contributed by atoms with E-state index >= 15 is 0 Å². The molecule has 0 atom stereocenters. The van der Waals surface area contributed by atoms with Gasteiger partial charge >= 0.3 is 5.97 Å². The number of hydrogen-bond acceptors (Lipinski definition) is 2. The van der Waals surface area contributed by atoms with E-state index in [1.807, 2.05) is 18.3 Å². The first-order chi connectivity index (χ1) is 9.58. The van der Waals surface area contributed by atoms with Gasteiger partial charge < -0.3 is 9.51 Å². The van der Waals surface area contributed by atoms with Crippen LogP contribution < -0.4 is 0 Å². The molecule has 6 heteroatoms. The number of hydrogen-bond donors (Lipinski definition) is 1. The second-order valence-corrected chi connectivity index (χ2v) is 5.80. The molecule has 0 saturated heterocycles. The molecule has 20 heavy (non-hydrogen) atoms. The van der Waals surface area contributed by atoms with Gasteiger partial charge in [0, 0.05) is 32.7 Å². The van der Waals surface area contributed by atoms with Crippen molar-refractivity contribution in [3.05, 3.63) is 57.0 Å². The first-order valence-corrected chi connectivity index (χ1v) is 7.18. The molecule has 0 bridgehead atoms. The summed E-state index contributed by atoms with van der Waals surface area (Å²) >= 11 is 8.02. The quantitative estimate of drug-likeness (QED) is 0.665. The molecule has 0 amide bonds. The number of nitrogens with zero attached hydrogens (tertiary/aromatic N) is 2. The van der Waals surface area contributed by atoms with Crippen LogP contribution in [0, 0.1) is 3.57 Å². The summed E-state index contributed by atoms with van der Waals surface area (Å²) in [5.41, 5.74) is 2.10. The highest BCUT2D eigenvalue weighted by Crippen LogP contribution is 2.32. The highest BCUT2D eigenvalue weighted by molar-refractivity contribution is 14.1. The molecule has 0 fully saturated rings. The SMILES string of the molecule is O=C(O)c1c(-c2ccc(Cl)cc2)c(I)cn2ccnc12. The normalized spacial score (nSPS) is 10.9. The fourth-order valence-electron chi connectivity index (χ4n) is 2.13. The lowest BCUT2D eigenvalue weighted by Crippen LogP contribution is -2.06. The van der Waals surface area contributed by atoms with Crippen molar-refractivity contribution in [2.75, 3.05) is 0 Å². The van der Waals surface area contributed by atoms with Crippen molar-refractivity contribution in [1.29, 1.82) is 0 Å². The Kier molecular flexibility index (Phi) is 3.39. The summed E-state index contributed by atoms with van der Waals surface area (Å²) in [4.78, 5) is 15.8. The van der Waals surface area contributed by atoms with Crippen LogP contribution >= 0.6 is 34.2 Å². The Morgan fingerprint density at radius 3 is 2.65 bits per heavy atom. The number of halogens is 2. The number of carboxylic acid groups (broad SMARTS) is 1. The third-order valence-corrected chi connectivity index (χ3v) is 4.05. The number of benzene rings is 1. The fraction of sp³-hybridized carbons (Fsp3) is 0. The van der Waals surface area contributed by atoms with Gasteiger partial charge in [-0.05, 0) is 40.3 Å². The largest absolute Gasteiger partial charge is 0.478 e. The van der Waals surface area contributed by atoms with Gasteiger partial charge in [0.15, 0.2) is 5.65 Å². The number of imidazole rings is 1. The Labute approximate surface area is 133 Å². The number of carbonyl (C=O) groups is 1. The molecule has 3 rings (SSSR count). The van der Waals surface area contributed by atoms with Gasteiger partial charge in [0.05, 0.1) is 0 Å². The van der Waals surface area contributed by atoms with Crippen molar-refractivity contribution in [3.63, 3.8) is 0 Å². The molecule has 0 radical (unpaired) electrons. The number of pyridine rings is 1. The maximum Gasteiger partial charge on any atom is 0.340 e. The molecule has 0 aliphatic heterocycles. The van der Waals surface area contributed by atoms with Crippen molar-refractivity contribution < 1.29 is 9.90 Å². The zero-order valence-corrected chi connectivity index (χ0v) is 13.0. The van der Waals surface area contributed by atoms with E-state index in [1.54, 1.807) is 28.9 Å². The predicted molar refractivity (Wildman–Crippen MR) is 85.3 cm³/mol. The van der Waals surface area contributed by atoms with Crippen molar-refractivity contribution in [3.8, 4) is 11.1 Å². The number of aromatic nitrogens is 2. The Morgan fingerprint density at radius 1 is 1.30 bits per heavy atom. The number of rotatable bonds is 2. The van der Waals surface area contributed by atoms with Crippen LogP contribution in [0.15, 0.2) is 42.9 Å². The van der Waals surface area contributed by atoms with Crippen LogP contribution in [0.2, 0.25) is 5.02 Å². The van der Waals surface area contributed by atoms with Gasteiger partial charge in [0.25, 0.3) is 0 Å². The van der Waals surface area contributed by atoms with Gasteiger partial charge in [-0.25, -0.2) is 9.78 Å². The monoisotopic (exact) mass is 398 g/mol. The van der Waals surface area contributed by atoms with Crippen LogP contribution in [0.4, 0.5) is 0 Å². The lowest BCUT2D eigenvalue weighted by atomic mass is 10.0. The van der Waals surface area contributed by atoms with E-state index in [4.69, 9.17) is 11.6 Å². The standard InChI is InChI=1S/C14H8ClIN2O2/c15-9-3-1-8(2-4-9)11-10(16)7-18-6-5-17-13(18)12(11)14(19)20/h1-7H,(H,19,20). The topological polar surface area (TPSA) is 54.6 Å². The van der Waals surface area contributed by atoms with Crippen LogP contribution in [-0.4, -0.2) is 20.5 Å². The average Bonchev–Trinajstić information content (AvgIpc) is 2.85. The Hall–Kier alpha value is -1.60. The zero-order valence-electron chi connectivity index (χ0n) is 10.0. The molecule has 100 valence electrons. The molecule has 2 aromatic heterocycles. The summed E-state index contributed by atoms with van der Waals surface area (Å²) < 4.78 is 2.55. The summed E-state index contributed by atoms with van der Waals surface area (Å²) in [5, 5.41) is 10.2. The van der Waals surface area contributed by atoms with E-state index in [-0.39, 0.29) is 5.56 Å². The predicted octanol–water partition coefficient (Wildman–Crippen LogP) is 3.96. The van der Waals surface area contributed by atoms with E-state index in [1.165, 1.54) is 0 Å². The average molecular weight is 399 g/mol. The molecule has 4 nitrogen and oxygen atoms in total. The molecule has 0 saturated carbocycles. The van der Waals surface area contributed by atoms with Crippen molar-refractivity contribution in [1.82, 2.24) is 9.38 Å². The minimum Gasteiger partial charge on any atom is -0.478 e. The van der Waals surface area contributed by atoms with E-state index in [0.717, 1.165) is 9.13 Å². The molecule has 0 aliphatic carbocycles. The molecular formula is C14H8ClIN2O2. The van der Waals surface area contributed by atoms with Crippen molar-refractivity contribution in [2.24, 2.45) is 0 Å². The molecular weight excluding hydrogens is 391 g/mol. The van der Waals surface area contributed by atoms with Crippen LogP contribution in [-0.2, 0) is 0 Å². The second-order valence-electron chi connectivity index (χ2n) is 4.20. The summed E-state index contributed by atoms with van der Waals surface area (Å²) in [6, 6.07) is 7.11. The van der Waals surface area contributed by atoms with E-state index < -0.39 is 5.97 Å². The molecule has 2 heterocycles. The van der Waals surface area contributed by atoms with Crippen LogP contribution in [0.3, 0.4) is 0 Å². The molecule has 3 aromatic rings. The van der Waals surface area contributed by atoms with Crippen molar-refractivity contribution in [2.45, 2.75) is 0 Å². The third-order valence-electron chi connectivity index (χ3n) is 2.98. The smallest absolute Gasteiger partial charge is 0.340 e. The minimum absolute atomic E-state index is 0.198. The van der Waals surface area contributed by atoms with E-state index in [0.29, 0.717) is 16.2 Å². The molecule has 0 aliphatic rings. The number of aromatic carboxylic acids is 1.